The maximum atomic E-state index is 13.4. The maximum absolute atomic E-state index is 13.4. The second-order valence-corrected chi connectivity index (χ2v) is 12.9. The number of hydrogen-bond donors (Lipinski definition) is 1. The Morgan fingerprint density at radius 3 is 2.06 bits per heavy atom. The van der Waals surface area contributed by atoms with Crippen molar-refractivity contribution in [2.24, 2.45) is 5.92 Å². The van der Waals surface area contributed by atoms with E-state index in [1.807, 2.05) is 13.8 Å². The van der Waals surface area contributed by atoms with E-state index in [-0.39, 0.29) is 12.3 Å². The molecule has 1 atom stereocenters. The molecule has 1 aliphatic rings. The third-order valence-corrected chi connectivity index (χ3v) is 13.1. The lowest BCUT2D eigenvalue weighted by Crippen LogP contribution is -2.47. The van der Waals surface area contributed by atoms with Gasteiger partial charge in [0, 0.05) is 25.0 Å². The van der Waals surface area contributed by atoms with Crippen molar-refractivity contribution >= 4 is 131 Å². The van der Waals surface area contributed by atoms with E-state index in [1.54, 1.807) is 25.1 Å². The fourth-order valence-electron chi connectivity index (χ4n) is 3.57. The lowest BCUT2D eigenvalue weighted by atomic mass is 10.0. The van der Waals surface area contributed by atoms with E-state index in [0.29, 0.717) is 34.5 Å². The first-order valence-corrected chi connectivity index (χ1v) is 15.0. The molecule has 35 heavy (non-hydrogen) atoms. The van der Waals surface area contributed by atoms with Crippen LogP contribution in [0.4, 0.5) is 5.69 Å². The van der Waals surface area contributed by atoms with Crippen LogP contribution in [-0.2, 0) is 14.3 Å². The summed E-state index contributed by atoms with van der Waals surface area (Å²) in [6, 6.07) is 3.94. The largest absolute Gasteiger partial charge is 0.454 e. The number of ether oxygens (including phenoxy) is 1. The van der Waals surface area contributed by atoms with Crippen LogP contribution in [0.3, 0.4) is 0 Å². The van der Waals surface area contributed by atoms with E-state index in [4.69, 9.17) is 16.3 Å². The zero-order valence-corrected chi connectivity index (χ0v) is 28.1. The zero-order chi connectivity index (χ0) is 26.2. The van der Waals surface area contributed by atoms with Gasteiger partial charge in [0.2, 0.25) is 0 Å². The van der Waals surface area contributed by atoms with E-state index in [0.717, 1.165) is 12.0 Å². The average molecular weight is 946 g/mol. The van der Waals surface area contributed by atoms with Gasteiger partial charge in [-0.1, -0.05) is 31.5 Å². The lowest BCUT2D eigenvalue weighted by Gasteiger charge is -2.26. The number of imide groups is 1. The number of fused-ring (bicyclic) bond motifs is 1. The van der Waals surface area contributed by atoms with Crippen LogP contribution < -0.4 is 5.32 Å². The van der Waals surface area contributed by atoms with E-state index in [9.17, 15) is 19.2 Å². The number of esters is 1. The summed E-state index contributed by atoms with van der Waals surface area (Å²) >= 11 is 14.5. The summed E-state index contributed by atoms with van der Waals surface area (Å²) in [5.41, 5.74) is 1.80. The molecule has 0 bridgehead atoms. The minimum absolute atomic E-state index is 0.0155. The van der Waals surface area contributed by atoms with Crippen LogP contribution in [0.2, 0.25) is 5.02 Å². The molecule has 3 amide bonds. The zero-order valence-electron chi connectivity index (χ0n) is 18.7. The normalized spacial score (nSPS) is 13.8. The summed E-state index contributed by atoms with van der Waals surface area (Å²) < 4.78 is 8.40. The van der Waals surface area contributed by atoms with Crippen LogP contribution in [0.15, 0.2) is 18.2 Å². The number of nitrogens with zero attached hydrogens (tertiary/aromatic N) is 1. The third kappa shape index (κ3) is 6.08. The summed E-state index contributed by atoms with van der Waals surface area (Å²) in [7, 11) is 0. The second kappa shape index (κ2) is 12.1. The van der Waals surface area contributed by atoms with Gasteiger partial charge in [0.25, 0.3) is 17.7 Å². The number of hydrogen-bond acceptors (Lipinski definition) is 5. The summed E-state index contributed by atoms with van der Waals surface area (Å²) in [4.78, 5) is 53.4. The Morgan fingerprint density at radius 2 is 1.54 bits per heavy atom. The number of halogens is 5. The van der Waals surface area contributed by atoms with Gasteiger partial charge in [0.1, 0.15) is 6.04 Å². The van der Waals surface area contributed by atoms with Crippen molar-refractivity contribution in [1.29, 1.82) is 0 Å². The number of amides is 3. The van der Waals surface area contributed by atoms with E-state index < -0.39 is 36.3 Å². The van der Waals surface area contributed by atoms with Gasteiger partial charge in [-0.2, -0.15) is 0 Å². The number of carbonyl (C=O) groups is 4. The van der Waals surface area contributed by atoms with Gasteiger partial charge in [-0.05, 0) is 127 Å². The molecule has 1 heterocycles. The first-order valence-electron chi connectivity index (χ1n) is 10.3. The van der Waals surface area contributed by atoms with Crippen LogP contribution in [0.25, 0.3) is 0 Å². The van der Waals surface area contributed by atoms with Crippen LogP contribution in [0.1, 0.15) is 46.5 Å². The predicted octanol–water partition coefficient (Wildman–Crippen LogP) is 6.26. The number of anilines is 1. The van der Waals surface area contributed by atoms with Crippen molar-refractivity contribution < 1.29 is 23.9 Å². The minimum Gasteiger partial charge on any atom is -0.454 e. The van der Waals surface area contributed by atoms with Crippen molar-refractivity contribution in [2.75, 3.05) is 11.9 Å². The summed E-state index contributed by atoms with van der Waals surface area (Å²) in [6.45, 7) is 4.96. The summed E-state index contributed by atoms with van der Waals surface area (Å²) in [5.74, 6) is -2.42. The molecular formula is C23H19ClI4N2O5. The van der Waals surface area contributed by atoms with E-state index in [1.165, 1.54) is 0 Å². The Balaban J connectivity index is 1.83. The van der Waals surface area contributed by atoms with Gasteiger partial charge in [-0.3, -0.25) is 19.3 Å². The molecule has 1 N–H and O–H groups in total. The lowest BCUT2D eigenvalue weighted by molar-refractivity contribution is -0.151. The molecule has 1 unspecified atom stereocenters. The molecule has 186 valence electrons. The van der Waals surface area contributed by atoms with Gasteiger partial charge in [-0.15, -0.1) is 0 Å². The molecule has 0 radical (unpaired) electrons. The van der Waals surface area contributed by atoms with Crippen LogP contribution in [0, 0.1) is 27.1 Å². The van der Waals surface area contributed by atoms with Gasteiger partial charge in [-0.25, -0.2) is 4.79 Å². The summed E-state index contributed by atoms with van der Waals surface area (Å²) in [6.07, 6.45) is 0.209. The molecule has 12 heteroatoms. The Hall–Kier alpha value is -0.270. The molecule has 2 aromatic rings. The minimum atomic E-state index is -1.15. The van der Waals surface area contributed by atoms with Gasteiger partial charge < -0.3 is 10.1 Å². The molecule has 0 saturated carbocycles. The van der Waals surface area contributed by atoms with Crippen molar-refractivity contribution in [2.45, 2.75) is 33.2 Å². The first kappa shape index (κ1) is 29.3. The van der Waals surface area contributed by atoms with E-state index >= 15 is 0 Å². The molecule has 0 aliphatic carbocycles. The molecule has 7 nitrogen and oxygen atoms in total. The highest BCUT2D eigenvalue weighted by Gasteiger charge is 2.47. The van der Waals surface area contributed by atoms with E-state index in [2.05, 4.69) is 95.7 Å². The van der Waals surface area contributed by atoms with Crippen molar-refractivity contribution in [3.8, 4) is 0 Å². The smallest absolute Gasteiger partial charge is 0.329 e. The first-order chi connectivity index (χ1) is 16.4. The second-order valence-electron chi connectivity index (χ2n) is 8.20. The molecule has 2 aromatic carbocycles. The topological polar surface area (TPSA) is 92.8 Å². The standard InChI is InChI=1S/C23H19ClI4N2O5/c1-9(2)7-13(23(34)35-8-14(31)29-12-6-4-5-11(24)10(12)3)30-21(32)15-16(22(30)33)18(26)20(28)19(27)17(15)25/h4-6,9,13H,7-8H2,1-3H3,(H,29,31). The number of carbonyl (C=O) groups excluding carboxylic acids is 4. The van der Waals surface area contributed by atoms with Gasteiger partial charge in [0.15, 0.2) is 6.61 Å². The monoisotopic (exact) mass is 946 g/mol. The highest BCUT2D eigenvalue weighted by Crippen LogP contribution is 2.39. The Bertz CT molecular complexity index is 1200. The number of benzene rings is 2. The molecular weight excluding hydrogens is 927 g/mol. The van der Waals surface area contributed by atoms with Gasteiger partial charge in [0.05, 0.1) is 11.1 Å². The SMILES string of the molecule is Cc1c(Cl)cccc1NC(=O)COC(=O)C(CC(C)C)N1C(=O)c2c(I)c(I)c(I)c(I)c2C1=O. The fraction of sp³-hybridized carbons (Fsp3) is 0.304. The Labute approximate surface area is 262 Å². The molecule has 0 spiro atoms. The maximum Gasteiger partial charge on any atom is 0.329 e. The van der Waals surface area contributed by atoms with Crippen molar-refractivity contribution in [3.05, 3.63) is 54.2 Å². The molecule has 0 saturated heterocycles. The number of nitrogens with one attached hydrogen (secondary N) is 1. The predicted molar refractivity (Wildman–Crippen MR) is 167 cm³/mol. The summed E-state index contributed by atoms with van der Waals surface area (Å²) in [5, 5.41) is 3.16. The highest BCUT2D eigenvalue weighted by atomic mass is 127. The van der Waals surface area contributed by atoms with Crippen molar-refractivity contribution in [3.63, 3.8) is 0 Å². The quantitative estimate of drug-likeness (QED) is 0.117. The molecule has 3 rings (SSSR count). The molecule has 0 aromatic heterocycles. The third-order valence-electron chi connectivity index (χ3n) is 5.30. The van der Waals surface area contributed by atoms with Crippen LogP contribution >= 0.6 is 102 Å². The Morgan fingerprint density at radius 1 is 1.00 bits per heavy atom. The highest BCUT2D eigenvalue weighted by molar-refractivity contribution is 14.1. The Kier molecular flexibility index (Phi) is 10.1. The van der Waals surface area contributed by atoms with Crippen LogP contribution in [-0.4, -0.2) is 41.2 Å². The van der Waals surface area contributed by atoms with Crippen LogP contribution in [0.5, 0.6) is 0 Å². The molecule has 0 fully saturated rings. The van der Waals surface area contributed by atoms with Crippen molar-refractivity contribution in [1.82, 2.24) is 4.90 Å². The number of rotatable bonds is 7. The molecule has 1 aliphatic heterocycles. The average Bonchev–Trinajstić information content (AvgIpc) is 3.06. The van der Waals surface area contributed by atoms with Gasteiger partial charge >= 0.3 is 5.97 Å². The fourth-order valence-corrected chi connectivity index (χ4v) is 7.39.